The Morgan fingerprint density at radius 2 is 1.84 bits per heavy atom. The molecule has 3 nitrogen and oxygen atoms in total. The Morgan fingerprint density at radius 3 is 2.37 bits per heavy atom. The Kier molecular flexibility index (Phi) is 4.31. The minimum atomic E-state index is -0.477. The third kappa shape index (κ3) is 3.20. The van der Waals surface area contributed by atoms with Gasteiger partial charge in [-0.3, -0.25) is 0 Å². The number of benzene rings is 1. The van der Waals surface area contributed by atoms with Crippen LogP contribution in [0.5, 0.6) is 5.75 Å². The minimum absolute atomic E-state index is 0.438. The molecule has 1 saturated carbocycles. The summed E-state index contributed by atoms with van der Waals surface area (Å²) in [6.45, 7) is 2.02. The third-order valence-electron chi connectivity index (χ3n) is 4.15. The van der Waals surface area contributed by atoms with Crippen molar-refractivity contribution in [3.63, 3.8) is 0 Å². The fourth-order valence-electron chi connectivity index (χ4n) is 2.88. The van der Waals surface area contributed by atoms with Crippen LogP contribution < -0.4 is 10.1 Å². The second kappa shape index (κ2) is 5.97. The Bertz CT molecular complexity index is 443. The molecule has 1 aromatic rings. The standard InChI is InChI=1S/C16H22N2O/c1-16(12-17,13-6-4-3-5-7-13)18-14-8-10-15(19-2)11-9-14/h8-11,13,18H,3-7H2,1-2H3. The molecule has 1 N–H and O–H groups in total. The van der Waals surface area contributed by atoms with E-state index in [-0.39, 0.29) is 0 Å². The summed E-state index contributed by atoms with van der Waals surface area (Å²) in [5.74, 6) is 1.27. The van der Waals surface area contributed by atoms with Crippen LogP contribution in [0.3, 0.4) is 0 Å². The van der Waals surface area contributed by atoms with Crippen molar-refractivity contribution in [3.05, 3.63) is 24.3 Å². The van der Waals surface area contributed by atoms with Gasteiger partial charge in [0.2, 0.25) is 0 Å². The second-order valence-corrected chi connectivity index (χ2v) is 5.50. The van der Waals surface area contributed by atoms with Crippen LogP contribution in [0.2, 0.25) is 0 Å². The summed E-state index contributed by atoms with van der Waals surface area (Å²) >= 11 is 0. The molecule has 3 heteroatoms. The lowest BCUT2D eigenvalue weighted by molar-refractivity contribution is 0.286. The van der Waals surface area contributed by atoms with Crippen molar-refractivity contribution in [1.29, 1.82) is 5.26 Å². The van der Waals surface area contributed by atoms with E-state index in [1.165, 1.54) is 19.3 Å². The van der Waals surface area contributed by atoms with Crippen molar-refractivity contribution in [1.82, 2.24) is 0 Å². The Balaban J connectivity index is 2.10. The predicted octanol–water partition coefficient (Wildman–Crippen LogP) is 3.97. The highest BCUT2D eigenvalue weighted by molar-refractivity contribution is 5.50. The van der Waals surface area contributed by atoms with Gasteiger partial charge in [0.25, 0.3) is 0 Å². The van der Waals surface area contributed by atoms with Crippen LogP contribution in [0.1, 0.15) is 39.0 Å². The summed E-state index contributed by atoms with van der Waals surface area (Å²) in [7, 11) is 1.66. The van der Waals surface area contributed by atoms with E-state index in [2.05, 4.69) is 11.4 Å². The first kappa shape index (κ1) is 13.7. The molecular formula is C16H22N2O. The van der Waals surface area contributed by atoms with Crippen molar-refractivity contribution >= 4 is 5.69 Å². The number of anilines is 1. The van der Waals surface area contributed by atoms with E-state index in [9.17, 15) is 5.26 Å². The van der Waals surface area contributed by atoms with Crippen LogP contribution >= 0.6 is 0 Å². The Morgan fingerprint density at radius 1 is 1.21 bits per heavy atom. The van der Waals surface area contributed by atoms with Gasteiger partial charge in [0.1, 0.15) is 11.3 Å². The molecule has 0 spiro atoms. The maximum absolute atomic E-state index is 9.56. The minimum Gasteiger partial charge on any atom is -0.497 e. The lowest BCUT2D eigenvalue weighted by atomic mass is 9.76. The number of nitrogens with zero attached hydrogens (tertiary/aromatic N) is 1. The number of methoxy groups -OCH3 is 1. The fraction of sp³-hybridized carbons (Fsp3) is 0.562. The van der Waals surface area contributed by atoms with Crippen LogP contribution in [-0.4, -0.2) is 12.6 Å². The molecule has 102 valence electrons. The molecule has 0 saturated heterocycles. The van der Waals surface area contributed by atoms with Crippen LogP contribution in [0.25, 0.3) is 0 Å². The predicted molar refractivity (Wildman–Crippen MR) is 77.2 cm³/mol. The monoisotopic (exact) mass is 258 g/mol. The quantitative estimate of drug-likeness (QED) is 0.888. The zero-order valence-electron chi connectivity index (χ0n) is 11.8. The molecule has 0 amide bonds. The van der Waals surface area contributed by atoms with Gasteiger partial charge in [-0.25, -0.2) is 0 Å². The van der Waals surface area contributed by atoms with Gasteiger partial charge in [-0.1, -0.05) is 19.3 Å². The highest BCUT2D eigenvalue weighted by Crippen LogP contribution is 2.34. The third-order valence-corrected chi connectivity index (χ3v) is 4.15. The summed E-state index contributed by atoms with van der Waals surface area (Å²) in [6.07, 6.45) is 6.08. The first-order chi connectivity index (χ1) is 9.18. The first-order valence-corrected chi connectivity index (χ1v) is 7.01. The van der Waals surface area contributed by atoms with Crippen molar-refractivity contribution in [3.8, 4) is 11.8 Å². The lowest BCUT2D eigenvalue weighted by Crippen LogP contribution is -2.42. The highest BCUT2D eigenvalue weighted by atomic mass is 16.5. The summed E-state index contributed by atoms with van der Waals surface area (Å²) in [4.78, 5) is 0. The van der Waals surface area contributed by atoms with E-state index in [0.29, 0.717) is 5.92 Å². The normalized spacial score (nSPS) is 19.2. The molecule has 0 bridgehead atoms. The molecule has 1 aliphatic carbocycles. The molecule has 1 atom stereocenters. The smallest absolute Gasteiger partial charge is 0.125 e. The van der Waals surface area contributed by atoms with Crippen molar-refractivity contribution in [2.75, 3.05) is 12.4 Å². The van der Waals surface area contributed by atoms with E-state index >= 15 is 0 Å². The molecule has 1 aliphatic rings. The molecule has 0 heterocycles. The van der Waals surface area contributed by atoms with Gasteiger partial charge in [0, 0.05) is 5.69 Å². The molecule has 2 rings (SSSR count). The fourth-order valence-corrected chi connectivity index (χ4v) is 2.88. The average molecular weight is 258 g/mol. The van der Waals surface area contributed by atoms with Gasteiger partial charge in [-0.15, -0.1) is 0 Å². The second-order valence-electron chi connectivity index (χ2n) is 5.50. The lowest BCUT2D eigenvalue weighted by Gasteiger charge is -2.35. The highest BCUT2D eigenvalue weighted by Gasteiger charge is 2.35. The topological polar surface area (TPSA) is 45.0 Å². The molecular weight excluding hydrogens is 236 g/mol. The summed E-state index contributed by atoms with van der Waals surface area (Å²) in [5.41, 5.74) is 0.505. The van der Waals surface area contributed by atoms with Crippen molar-refractivity contribution in [2.24, 2.45) is 5.92 Å². The van der Waals surface area contributed by atoms with Crippen LogP contribution in [0.4, 0.5) is 5.69 Å². The van der Waals surface area contributed by atoms with Crippen LogP contribution in [0.15, 0.2) is 24.3 Å². The van der Waals surface area contributed by atoms with Gasteiger partial charge in [-0.2, -0.15) is 5.26 Å². The van der Waals surface area contributed by atoms with E-state index in [0.717, 1.165) is 24.3 Å². The maximum Gasteiger partial charge on any atom is 0.125 e. The maximum atomic E-state index is 9.56. The number of ether oxygens (including phenoxy) is 1. The van der Waals surface area contributed by atoms with Crippen molar-refractivity contribution in [2.45, 2.75) is 44.6 Å². The SMILES string of the molecule is COc1ccc(NC(C)(C#N)C2CCCCC2)cc1. The van der Waals surface area contributed by atoms with Crippen LogP contribution in [-0.2, 0) is 0 Å². The largest absolute Gasteiger partial charge is 0.497 e. The van der Waals surface area contributed by atoms with E-state index in [1.807, 2.05) is 31.2 Å². The van der Waals surface area contributed by atoms with Crippen molar-refractivity contribution < 1.29 is 4.74 Å². The summed E-state index contributed by atoms with van der Waals surface area (Å²) in [6, 6.07) is 10.3. The summed E-state index contributed by atoms with van der Waals surface area (Å²) < 4.78 is 5.15. The van der Waals surface area contributed by atoms with Gasteiger partial charge < -0.3 is 10.1 Å². The van der Waals surface area contributed by atoms with Crippen LogP contribution in [0, 0.1) is 17.2 Å². The molecule has 0 aliphatic heterocycles. The number of hydrogen-bond acceptors (Lipinski definition) is 3. The molecule has 19 heavy (non-hydrogen) atoms. The van der Waals surface area contributed by atoms with Gasteiger partial charge >= 0.3 is 0 Å². The average Bonchev–Trinajstić information content (AvgIpc) is 2.49. The number of nitriles is 1. The first-order valence-electron chi connectivity index (χ1n) is 7.01. The van der Waals surface area contributed by atoms with E-state index in [4.69, 9.17) is 4.74 Å². The summed E-state index contributed by atoms with van der Waals surface area (Å²) in [5, 5.41) is 13.0. The molecule has 1 aromatic carbocycles. The number of nitrogens with one attached hydrogen (secondary N) is 1. The molecule has 1 fully saturated rings. The van der Waals surface area contributed by atoms with E-state index < -0.39 is 5.54 Å². The van der Waals surface area contributed by atoms with E-state index in [1.54, 1.807) is 7.11 Å². The van der Waals surface area contributed by atoms with Gasteiger partial charge in [0.15, 0.2) is 0 Å². The Hall–Kier alpha value is -1.69. The zero-order chi connectivity index (χ0) is 13.7. The molecule has 1 unspecified atom stereocenters. The zero-order valence-corrected chi connectivity index (χ0v) is 11.8. The van der Waals surface area contributed by atoms with Gasteiger partial charge in [-0.05, 0) is 49.9 Å². The number of hydrogen-bond donors (Lipinski definition) is 1. The van der Waals surface area contributed by atoms with Gasteiger partial charge in [0.05, 0.1) is 13.2 Å². The number of rotatable bonds is 4. The molecule has 0 aromatic heterocycles. The molecule has 0 radical (unpaired) electrons. The Labute approximate surface area is 115 Å².